The van der Waals surface area contributed by atoms with Crippen molar-refractivity contribution >= 4 is 39.0 Å². The van der Waals surface area contributed by atoms with Crippen LogP contribution in [0.5, 0.6) is 5.75 Å². The summed E-state index contributed by atoms with van der Waals surface area (Å²) >= 11 is 8.45. The summed E-state index contributed by atoms with van der Waals surface area (Å²) in [6.45, 7) is 4.15. The zero-order valence-electron chi connectivity index (χ0n) is 14.2. The van der Waals surface area contributed by atoms with E-state index >= 15 is 0 Å². The van der Waals surface area contributed by atoms with Gasteiger partial charge < -0.3 is 10.1 Å². The second kappa shape index (κ2) is 7.22. The molecule has 0 radical (unpaired) electrons. The minimum absolute atomic E-state index is 0.0908. The molecule has 3 rings (SSSR count). The average molecular weight is 436 g/mol. The van der Waals surface area contributed by atoms with Crippen LogP contribution >= 0.6 is 28.1 Å². The Morgan fingerprint density at radius 1 is 1.35 bits per heavy atom. The first-order valence-electron chi connectivity index (χ1n) is 7.92. The van der Waals surface area contributed by atoms with E-state index in [2.05, 4.69) is 21.2 Å². The molecule has 3 N–H and O–H groups in total. The van der Waals surface area contributed by atoms with E-state index in [1.165, 1.54) is 6.07 Å². The van der Waals surface area contributed by atoms with Crippen molar-refractivity contribution in [3.63, 3.8) is 0 Å². The Bertz CT molecular complexity index is 953. The molecule has 0 fully saturated rings. The fourth-order valence-corrected chi connectivity index (χ4v) is 3.39. The zero-order valence-corrected chi connectivity index (χ0v) is 16.6. The van der Waals surface area contributed by atoms with Crippen molar-refractivity contribution in [2.24, 2.45) is 0 Å². The van der Waals surface area contributed by atoms with Crippen LogP contribution in [0.4, 0.5) is 0 Å². The van der Waals surface area contributed by atoms with Crippen molar-refractivity contribution in [1.82, 2.24) is 15.4 Å². The number of rotatable bonds is 3. The average Bonchev–Trinajstić information content (AvgIpc) is 2.60. The molecule has 0 saturated carbocycles. The minimum Gasteiger partial charge on any atom is -0.483 e. The highest BCUT2D eigenvalue weighted by molar-refractivity contribution is 9.10. The number of nitrogens with one attached hydrogen (secondary N) is 2. The monoisotopic (exact) mass is 435 g/mol. The van der Waals surface area contributed by atoms with Gasteiger partial charge in [-0.3, -0.25) is 14.6 Å². The Morgan fingerprint density at radius 2 is 2.12 bits per heavy atom. The van der Waals surface area contributed by atoms with E-state index in [-0.39, 0.29) is 10.7 Å². The second-order valence-corrected chi connectivity index (χ2v) is 7.61. The van der Waals surface area contributed by atoms with Crippen molar-refractivity contribution in [1.29, 1.82) is 0 Å². The van der Waals surface area contributed by atoms with Crippen LogP contribution in [0.25, 0.3) is 5.70 Å². The molecule has 0 aliphatic carbocycles. The smallest absolute Gasteiger partial charge is 0.255 e. The molecule has 0 saturated heterocycles. The molecule has 0 unspecified atom stereocenters. The van der Waals surface area contributed by atoms with Gasteiger partial charge in [-0.05, 0) is 50.3 Å². The van der Waals surface area contributed by atoms with Crippen molar-refractivity contribution < 1.29 is 9.94 Å². The third kappa shape index (κ3) is 3.53. The number of thiocarbonyl (C=S) groups is 1. The summed E-state index contributed by atoms with van der Waals surface area (Å²) in [7, 11) is 0. The number of hydrogen-bond acceptors (Lipinski definition) is 4. The van der Waals surface area contributed by atoms with Crippen LogP contribution < -0.4 is 21.1 Å². The predicted molar refractivity (Wildman–Crippen MR) is 107 cm³/mol. The van der Waals surface area contributed by atoms with Crippen LogP contribution in [0.3, 0.4) is 0 Å². The number of aromatic nitrogens is 1. The molecule has 1 aromatic heterocycles. The molecular formula is C18H18BrN3O3S. The van der Waals surface area contributed by atoms with Gasteiger partial charge >= 0.3 is 0 Å². The van der Waals surface area contributed by atoms with Gasteiger partial charge in [-0.25, -0.2) is 5.48 Å². The summed E-state index contributed by atoms with van der Waals surface area (Å²) in [5.41, 5.74) is 3.43. The van der Waals surface area contributed by atoms with E-state index in [0.717, 1.165) is 21.3 Å². The van der Waals surface area contributed by atoms with E-state index in [1.54, 1.807) is 22.9 Å². The largest absolute Gasteiger partial charge is 0.483 e. The second-order valence-electron chi connectivity index (χ2n) is 6.28. The maximum absolute atomic E-state index is 12.5. The quantitative estimate of drug-likeness (QED) is 0.508. The van der Waals surface area contributed by atoms with Crippen LogP contribution in [0, 0.1) is 0 Å². The molecule has 1 aromatic carbocycles. The Kier molecular flexibility index (Phi) is 5.17. The number of hydrogen-bond donors (Lipinski definition) is 3. The topological polar surface area (TPSA) is 75.5 Å². The van der Waals surface area contributed by atoms with Gasteiger partial charge in [0, 0.05) is 34.4 Å². The van der Waals surface area contributed by atoms with Crippen molar-refractivity contribution in [3.05, 3.63) is 68.6 Å². The molecule has 1 aliphatic heterocycles. The maximum Gasteiger partial charge on any atom is 0.255 e. The summed E-state index contributed by atoms with van der Waals surface area (Å²) in [6.07, 6.45) is 1.73. The first kappa shape index (κ1) is 18.6. The van der Waals surface area contributed by atoms with Crippen LogP contribution in [-0.2, 0) is 0 Å². The highest BCUT2D eigenvalue weighted by atomic mass is 79.9. The molecular weight excluding hydrogens is 418 g/mol. The lowest BCUT2D eigenvalue weighted by molar-refractivity contribution is 0.141. The lowest BCUT2D eigenvalue weighted by atomic mass is 9.89. The van der Waals surface area contributed by atoms with Gasteiger partial charge in [0.1, 0.15) is 11.4 Å². The van der Waals surface area contributed by atoms with Crippen molar-refractivity contribution in [2.45, 2.75) is 19.4 Å². The van der Waals surface area contributed by atoms with Crippen molar-refractivity contribution in [3.8, 4) is 5.75 Å². The van der Waals surface area contributed by atoms with Gasteiger partial charge in [0.15, 0.2) is 5.11 Å². The summed E-state index contributed by atoms with van der Waals surface area (Å²) < 4.78 is 8.66. The highest BCUT2D eigenvalue weighted by Crippen LogP contribution is 2.41. The lowest BCUT2D eigenvalue weighted by Crippen LogP contribution is -2.44. The van der Waals surface area contributed by atoms with Crippen LogP contribution in [0.2, 0.25) is 0 Å². The van der Waals surface area contributed by atoms with E-state index in [1.807, 2.05) is 37.5 Å². The normalized spacial score (nSPS) is 15.1. The van der Waals surface area contributed by atoms with E-state index in [0.29, 0.717) is 12.3 Å². The van der Waals surface area contributed by atoms with Gasteiger partial charge in [0.25, 0.3) is 5.56 Å². The third-order valence-electron chi connectivity index (χ3n) is 4.17. The number of halogens is 1. The fourth-order valence-electron chi connectivity index (χ4n) is 2.95. The lowest BCUT2D eigenvalue weighted by Gasteiger charge is -2.37. The number of pyridine rings is 1. The molecule has 6 nitrogen and oxygen atoms in total. The van der Waals surface area contributed by atoms with Crippen molar-refractivity contribution in [2.75, 3.05) is 6.54 Å². The van der Waals surface area contributed by atoms with Crippen LogP contribution in [0.1, 0.15) is 19.4 Å². The molecule has 2 heterocycles. The summed E-state index contributed by atoms with van der Waals surface area (Å²) in [5, 5.41) is 12.0. The fraction of sp³-hybridized carbons (Fsp3) is 0.222. The van der Waals surface area contributed by atoms with E-state index in [9.17, 15) is 4.79 Å². The van der Waals surface area contributed by atoms with Gasteiger partial charge in [-0.1, -0.05) is 22.0 Å². The Labute approximate surface area is 164 Å². The highest BCUT2D eigenvalue weighted by Gasteiger charge is 2.36. The first-order valence-corrected chi connectivity index (χ1v) is 9.12. The summed E-state index contributed by atoms with van der Waals surface area (Å²) in [6, 6.07) is 10.7. The zero-order chi connectivity index (χ0) is 18.9. The van der Waals surface area contributed by atoms with Gasteiger partial charge in [-0.2, -0.15) is 0 Å². The van der Waals surface area contributed by atoms with Crippen LogP contribution in [-0.4, -0.2) is 27.0 Å². The summed E-state index contributed by atoms with van der Waals surface area (Å²) in [4.78, 5) is 12.5. The SMILES string of the molecule is CC1(C)Oc2ccc(Br)cc2C(n2ccccc2=O)=C1CNC(=S)NO. The Balaban J connectivity index is 2.27. The molecule has 0 bridgehead atoms. The van der Waals surface area contributed by atoms with E-state index < -0.39 is 5.60 Å². The first-order chi connectivity index (χ1) is 12.3. The molecule has 8 heteroatoms. The number of benzene rings is 1. The van der Waals surface area contributed by atoms with E-state index in [4.69, 9.17) is 22.2 Å². The summed E-state index contributed by atoms with van der Waals surface area (Å²) in [5.74, 6) is 0.690. The minimum atomic E-state index is -0.691. The Morgan fingerprint density at radius 3 is 2.81 bits per heavy atom. The molecule has 2 aromatic rings. The van der Waals surface area contributed by atoms with Gasteiger partial charge in [0.2, 0.25) is 0 Å². The number of fused-ring (bicyclic) bond motifs is 1. The number of hydroxylamine groups is 1. The number of nitrogens with zero attached hydrogens (tertiary/aromatic N) is 1. The van der Waals surface area contributed by atoms with Gasteiger partial charge in [-0.15, -0.1) is 0 Å². The predicted octanol–water partition coefficient (Wildman–Crippen LogP) is 2.89. The maximum atomic E-state index is 12.5. The molecule has 1 aliphatic rings. The molecule has 136 valence electrons. The molecule has 0 spiro atoms. The third-order valence-corrected chi connectivity index (χ3v) is 4.89. The molecule has 0 amide bonds. The van der Waals surface area contributed by atoms with Gasteiger partial charge in [0.05, 0.1) is 5.70 Å². The Hall–Kier alpha value is -2.16. The standard InChI is InChI=1S/C18H18BrN3O3S/c1-18(2)13(10-20-17(26)21-24)16(22-8-4-3-5-15(22)23)12-9-11(19)6-7-14(12)25-18/h3-9,24H,10H2,1-2H3,(H2,20,21,26). The number of ether oxygens (including phenoxy) is 1. The van der Waals surface area contributed by atoms with Crippen LogP contribution in [0.15, 0.2) is 57.4 Å². The molecule has 0 atom stereocenters. The molecule has 26 heavy (non-hydrogen) atoms.